The molecule has 8 N–H and O–H groups in total. The number of benzene rings is 4. The van der Waals surface area contributed by atoms with Gasteiger partial charge in [-0.25, -0.2) is 70.2 Å². The zero-order valence-corrected chi connectivity index (χ0v) is 20.4. The minimum Gasteiger partial charge on any atom is -0.394 e. The summed E-state index contributed by atoms with van der Waals surface area (Å²) in [7, 11) is 0. The Kier molecular flexibility index (Phi) is 8.80. The van der Waals surface area contributed by atoms with Crippen molar-refractivity contribution >= 4 is 22.7 Å². The number of rotatable bonds is 2. The van der Waals surface area contributed by atoms with E-state index in [0.29, 0.717) is 0 Å². The molecule has 0 amide bonds. The molecule has 0 aliphatic heterocycles. The lowest BCUT2D eigenvalue weighted by molar-refractivity contribution is 0.447. The van der Waals surface area contributed by atoms with Crippen LogP contribution in [0.15, 0.2) is 0 Å². The van der Waals surface area contributed by atoms with Crippen LogP contribution in [0.3, 0.4) is 0 Å². The van der Waals surface area contributed by atoms with Gasteiger partial charge in [0, 0.05) is 0 Å². The van der Waals surface area contributed by atoms with E-state index in [1.807, 2.05) is 0 Å². The first-order valence-corrected chi connectivity index (χ1v) is 10.7. The van der Waals surface area contributed by atoms with E-state index in [0.717, 1.165) is 0 Å². The second-order valence-electron chi connectivity index (χ2n) is 8.18. The Morgan fingerprint density at radius 1 is 0.182 bits per heavy atom. The largest absolute Gasteiger partial charge is 0.394 e. The van der Waals surface area contributed by atoms with Crippen LogP contribution in [-0.4, -0.2) is 0 Å². The fourth-order valence-electron chi connectivity index (χ4n) is 3.47. The van der Waals surface area contributed by atoms with Crippen LogP contribution in [0.25, 0.3) is 22.3 Å². The third kappa shape index (κ3) is 4.88. The highest BCUT2D eigenvalue weighted by molar-refractivity contribution is 5.73. The summed E-state index contributed by atoms with van der Waals surface area (Å²) in [6.07, 6.45) is 0. The van der Waals surface area contributed by atoms with Crippen LogP contribution >= 0.6 is 0 Å². The van der Waals surface area contributed by atoms with Gasteiger partial charge in [0.15, 0.2) is 93.1 Å². The molecule has 0 atom stereocenters. The Morgan fingerprint density at radius 2 is 0.273 bits per heavy atom. The summed E-state index contributed by atoms with van der Waals surface area (Å²) in [5.74, 6) is -36.0. The molecule has 20 heteroatoms. The number of nitrogens with two attached hydrogens (primary N) is 4. The maximum absolute atomic E-state index is 13.6. The van der Waals surface area contributed by atoms with E-state index in [1.165, 1.54) is 0 Å². The highest BCUT2D eigenvalue weighted by Gasteiger charge is 2.34. The molecule has 4 aromatic carbocycles. The molecule has 44 heavy (non-hydrogen) atoms. The van der Waals surface area contributed by atoms with Crippen LogP contribution in [0, 0.1) is 93.1 Å². The van der Waals surface area contributed by atoms with E-state index < -0.39 is 138 Å². The van der Waals surface area contributed by atoms with Crippen molar-refractivity contribution in [1.82, 2.24) is 0 Å². The molecule has 0 fully saturated rings. The van der Waals surface area contributed by atoms with Crippen LogP contribution in [0.1, 0.15) is 0 Å². The molecular weight excluding hydrogens is 648 g/mol. The van der Waals surface area contributed by atoms with Crippen molar-refractivity contribution in [3.05, 3.63) is 93.1 Å². The van der Waals surface area contributed by atoms with Crippen molar-refractivity contribution < 1.29 is 70.2 Å². The van der Waals surface area contributed by atoms with Crippen LogP contribution in [0.4, 0.5) is 93.0 Å². The van der Waals surface area contributed by atoms with Gasteiger partial charge in [0.05, 0.1) is 22.3 Å². The highest BCUT2D eigenvalue weighted by Crippen LogP contribution is 2.40. The number of halogens is 16. The number of anilines is 4. The smallest absolute Gasteiger partial charge is 0.185 e. The lowest BCUT2D eigenvalue weighted by atomic mass is 10.0. The van der Waals surface area contributed by atoms with Crippen molar-refractivity contribution in [3.63, 3.8) is 0 Å². The van der Waals surface area contributed by atoms with Gasteiger partial charge in [-0.15, -0.1) is 0 Å². The summed E-state index contributed by atoms with van der Waals surface area (Å²) in [4.78, 5) is 0. The minimum absolute atomic E-state index is 1.60. The summed E-state index contributed by atoms with van der Waals surface area (Å²) in [5, 5.41) is 0. The summed E-state index contributed by atoms with van der Waals surface area (Å²) < 4.78 is 216. The lowest BCUT2D eigenvalue weighted by Crippen LogP contribution is -2.10. The van der Waals surface area contributed by atoms with Crippen LogP contribution in [-0.2, 0) is 0 Å². The van der Waals surface area contributed by atoms with Crippen molar-refractivity contribution in [1.29, 1.82) is 0 Å². The zero-order valence-electron chi connectivity index (χ0n) is 20.4. The fraction of sp³-hybridized carbons (Fsp3) is 0. The van der Waals surface area contributed by atoms with Gasteiger partial charge in [-0.3, -0.25) is 0 Å². The second-order valence-corrected chi connectivity index (χ2v) is 8.18. The molecule has 0 aromatic heterocycles. The van der Waals surface area contributed by atoms with Gasteiger partial charge in [-0.2, -0.15) is 0 Å². The molecule has 0 saturated carbocycles. The molecule has 0 aliphatic carbocycles. The maximum Gasteiger partial charge on any atom is 0.185 e. The van der Waals surface area contributed by atoms with Gasteiger partial charge in [0.2, 0.25) is 0 Å². The number of hydrogen-bond donors (Lipinski definition) is 4. The van der Waals surface area contributed by atoms with Crippen LogP contribution < -0.4 is 22.9 Å². The Hall–Kier alpha value is -5.04. The van der Waals surface area contributed by atoms with E-state index in [2.05, 4.69) is 0 Å². The van der Waals surface area contributed by atoms with E-state index in [9.17, 15) is 70.2 Å². The minimum atomic E-state index is -2.32. The zero-order chi connectivity index (χ0) is 33.9. The average Bonchev–Trinajstić information content (AvgIpc) is 3.00. The molecule has 0 saturated heterocycles. The van der Waals surface area contributed by atoms with Crippen molar-refractivity contribution in [2.24, 2.45) is 0 Å². The first kappa shape index (κ1) is 33.5. The van der Waals surface area contributed by atoms with E-state index in [-0.39, 0.29) is 0 Å². The highest BCUT2D eigenvalue weighted by atomic mass is 19.2. The monoisotopic (exact) mass is 656 g/mol. The summed E-state index contributed by atoms with van der Waals surface area (Å²) >= 11 is 0. The molecule has 4 aromatic rings. The Morgan fingerprint density at radius 3 is 0.364 bits per heavy atom. The second kappa shape index (κ2) is 11.6. The molecule has 236 valence electrons. The molecule has 4 nitrogen and oxygen atoms in total. The molecule has 0 radical (unpaired) electrons. The first-order chi connectivity index (χ1) is 20.2. The van der Waals surface area contributed by atoms with E-state index in [4.69, 9.17) is 22.9 Å². The maximum atomic E-state index is 13.6. The Balaban J connectivity index is 0.000000240. The topological polar surface area (TPSA) is 104 Å². The number of nitrogen functional groups attached to an aromatic ring is 4. The average molecular weight is 656 g/mol. The predicted octanol–water partition coefficient (Wildman–Crippen LogP) is 7.26. The predicted molar refractivity (Wildman–Crippen MR) is 121 cm³/mol. The van der Waals surface area contributed by atoms with Crippen molar-refractivity contribution in [2.75, 3.05) is 22.9 Å². The van der Waals surface area contributed by atoms with Gasteiger partial charge < -0.3 is 22.9 Å². The summed E-state index contributed by atoms with van der Waals surface area (Å²) in [6, 6.07) is 0. The molecule has 4 rings (SSSR count). The summed E-state index contributed by atoms with van der Waals surface area (Å²) in [6.45, 7) is 0. The van der Waals surface area contributed by atoms with Crippen molar-refractivity contribution in [3.8, 4) is 22.3 Å². The standard InChI is InChI=1S/2C12H4F8N2/c2*13-3-1(4(14)8(18)11(21)7(3)17)2-5(15)9(19)12(22)10(20)6(2)16/h2*21-22H2. The lowest BCUT2D eigenvalue weighted by Gasteiger charge is -2.13. The van der Waals surface area contributed by atoms with Crippen LogP contribution in [0.2, 0.25) is 0 Å². The summed E-state index contributed by atoms with van der Waals surface area (Å²) in [5.41, 5.74) is 4.46. The van der Waals surface area contributed by atoms with Gasteiger partial charge >= 0.3 is 0 Å². The van der Waals surface area contributed by atoms with Crippen LogP contribution in [0.5, 0.6) is 0 Å². The molecule has 0 spiro atoms. The van der Waals surface area contributed by atoms with E-state index in [1.54, 1.807) is 0 Å². The molecular formula is C24H8F16N4. The van der Waals surface area contributed by atoms with Gasteiger partial charge in [-0.1, -0.05) is 0 Å². The molecule has 0 unspecified atom stereocenters. The quantitative estimate of drug-likeness (QED) is 0.104. The third-order valence-electron chi connectivity index (χ3n) is 5.69. The Labute approximate surface area is 232 Å². The van der Waals surface area contributed by atoms with Crippen molar-refractivity contribution in [2.45, 2.75) is 0 Å². The SMILES string of the molecule is Nc1c(F)c(F)c(-c2c(F)c(F)c(N)c(F)c2F)c(F)c1F.Nc1c(F)c(F)c(-c2c(F)c(F)c(N)c(F)c2F)c(F)c1F. The van der Waals surface area contributed by atoms with E-state index >= 15 is 0 Å². The normalized spacial score (nSPS) is 11.1. The first-order valence-electron chi connectivity index (χ1n) is 10.7. The van der Waals surface area contributed by atoms with Gasteiger partial charge in [-0.05, 0) is 0 Å². The molecule has 0 bridgehead atoms. The van der Waals surface area contributed by atoms with Gasteiger partial charge in [0.1, 0.15) is 22.7 Å². The van der Waals surface area contributed by atoms with Gasteiger partial charge in [0.25, 0.3) is 0 Å². The molecule has 0 heterocycles. The fourth-order valence-corrected chi connectivity index (χ4v) is 3.47. The third-order valence-corrected chi connectivity index (χ3v) is 5.69. The molecule has 0 aliphatic rings. The number of hydrogen-bond acceptors (Lipinski definition) is 4. The Bertz CT molecular complexity index is 1490.